The molecule has 2 aromatic rings. The van der Waals surface area contributed by atoms with E-state index in [9.17, 15) is 9.18 Å². The number of benzene rings is 1. The monoisotopic (exact) mass is 400 g/mol. The maximum absolute atomic E-state index is 13.7. The maximum Gasteiger partial charge on any atom is 0.238 e. The third-order valence-electron chi connectivity index (χ3n) is 4.92. The van der Waals surface area contributed by atoms with E-state index < -0.39 is 5.82 Å². The Morgan fingerprint density at radius 3 is 2.76 bits per heavy atom. The molecule has 3 rings (SSSR count). The first-order valence-corrected chi connectivity index (χ1v) is 9.91. The predicted octanol–water partition coefficient (Wildman–Crippen LogP) is 2.22. The Kier molecular flexibility index (Phi) is 7.11. The number of halogens is 1. The van der Waals surface area contributed by atoms with Crippen LogP contribution in [-0.4, -0.2) is 61.6 Å². The molecule has 1 saturated heterocycles. The number of anilines is 2. The average Bonchev–Trinajstić information content (AvgIpc) is 2.70. The number of aromatic nitrogens is 2. The van der Waals surface area contributed by atoms with Gasteiger partial charge in [-0.15, -0.1) is 0 Å². The lowest BCUT2D eigenvalue weighted by Gasteiger charge is -2.24. The van der Waals surface area contributed by atoms with E-state index in [1.807, 2.05) is 37.0 Å². The Labute approximate surface area is 171 Å². The lowest BCUT2D eigenvalue weighted by Crippen LogP contribution is -2.32. The summed E-state index contributed by atoms with van der Waals surface area (Å²) >= 11 is 0. The first kappa shape index (κ1) is 21.1. The van der Waals surface area contributed by atoms with Gasteiger partial charge in [-0.3, -0.25) is 9.69 Å². The minimum Gasteiger partial charge on any atom is -0.363 e. The summed E-state index contributed by atoms with van der Waals surface area (Å²) in [6.07, 6.45) is 2.24. The molecular weight excluding hydrogens is 371 g/mol. The summed E-state index contributed by atoms with van der Waals surface area (Å²) < 4.78 is 13.7. The largest absolute Gasteiger partial charge is 0.363 e. The zero-order chi connectivity index (χ0) is 20.8. The van der Waals surface area contributed by atoms with Crippen molar-refractivity contribution in [2.45, 2.75) is 25.3 Å². The summed E-state index contributed by atoms with van der Waals surface area (Å²) in [6.45, 7) is 2.52. The summed E-state index contributed by atoms with van der Waals surface area (Å²) in [5.74, 6) is 1.19. The summed E-state index contributed by atoms with van der Waals surface area (Å²) in [4.78, 5) is 25.5. The van der Waals surface area contributed by atoms with Gasteiger partial charge in [0.25, 0.3) is 0 Å². The van der Waals surface area contributed by atoms with Crippen molar-refractivity contribution >= 4 is 17.4 Å². The number of nitrogens with one attached hydrogen (secondary N) is 2. The van der Waals surface area contributed by atoms with Gasteiger partial charge in [-0.1, -0.05) is 12.1 Å². The molecule has 29 heavy (non-hydrogen) atoms. The van der Waals surface area contributed by atoms with Gasteiger partial charge in [0.2, 0.25) is 5.91 Å². The molecule has 156 valence electrons. The smallest absolute Gasteiger partial charge is 0.238 e. The normalized spacial score (nSPS) is 16.7. The fourth-order valence-electron chi connectivity index (χ4n) is 3.41. The standard InChI is InChI=1S/C21H29FN6O/c1-27(2)20-11-18(15-7-6-10-23-12-15)24-19(26-20)13-28(3)14-21(29)25-17-9-5-4-8-16(17)22/h4-5,8-9,11,15,23H,6-7,10,12-14H2,1-3H3,(H,25,29)/t15-/m0/s1. The van der Waals surface area contributed by atoms with Crippen LogP contribution < -0.4 is 15.5 Å². The Balaban J connectivity index is 1.67. The van der Waals surface area contributed by atoms with E-state index in [-0.39, 0.29) is 18.1 Å². The number of hydrogen-bond donors (Lipinski definition) is 2. The Hall–Kier alpha value is -2.58. The van der Waals surface area contributed by atoms with Crippen molar-refractivity contribution in [1.29, 1.82) is 0 Å². The first-order valence-electron chi connectivity index (χ1n) is 9.91. The van der Waals surface area contributed by atoms with E-state index in [0.717, 1.165) is 37.4 Å². The molecule has 2 N–H and O–H groups in total. The molecule has 1 fully saturated rings. The van der Waals surface area contributed by atoms with Crippen molar-refractivity contribution in [2.24, 2.45) is 0 Å². The Morgan fingerprint density at radius 1 is 1.28 bits per heavy atom. The lowest BCUT2D eigenvalue weighted by molar-refractivity contribution is -0.117. The number of carbonyl (C=O) groups is 1. The third-order valence-corrected chi connectivity index (χ3v) is 4.92. The van der Waals surface area contributed by atoms with Crippen molar-refractivity contribution in [2.75, 3.05) is 51.0 Å². The van der Waals surface area contributed by atoms with Crippen LogP contribution in [0.25, 0.3) is 0 Å². The zero-order valence-corrected chi connectivity index (χ0v) is 17.3. The Morgan fingerprint density at radius 2 is 2.07 bits per heavy atom. The average molecular weight is 401 g/mol. The van der Waals surface area contributed by atoms with Gasteiger partial charge in [-0.05, 0) is 38.6 Å². The number of likely N-dealkylation sites (N-methyl/N-ethyl adjacent to an activating group) is 1. The molecule has 8 heteroatoms. The predicted molar refractivity (Wildman–Crippen MR) is 113 cm³/mol. The fourth-order valence-corrected chi connectivity index (χ4v) is 3.41. The van der Waals surface area contributed by atoms with Gasteiger partial charge in [0.15, 0.2) is 0 Å². The molecule has 0 bridgehead atoms. The number of piperidine rings is 1. The quantitative estimate of drug-likeness (QED) is 0.743. The summed E-state index contributed by atoms with van der Waals surface area (Å²) in [7, 11) is 5.75. The first-order chi connectivity index (χ1) is 13.9. The van der Waals surface area contributed by atoms with Gasteiger partial charge in [0.1, 0.15) is 17.5 Å². The second-order valence-electron chi connectivity index (χ2n) is 7.71. The highest BCUT2D eigenvalue weighted by Gasteiger charge is 2.19. The van der Waals surface area contributed by atoms with Crippen LogP contribution in [0.15, 0.2) is 30.3 Å². The van der Waals surface area contributed by atoms with Crippen molar-refractivity contribution in [3.05, 3.63) is 47.7 Å². The third kappa shape index (κ3) is 5.95. The molecule has 0 aliphatic carbocycles. The SMILES string of the molecule is CN(CC(=O)Nc1ccccc1F)Cc1nc([C@H]2CCCNC2)cc(N(C)C)n1. The highest BCUT2D eigenvalue weighted by molar-refractivity contribution is 5.92. The minimum atomic E-state index is -0.448. The van der Waals surface area contributed by atoms with Crippen molar-refractivity contribution < 1.29 is 9.18 Å². The van der Waals surface area contributed by atoms with E-state index >= 15 is 0 Å². The second kappa shape index (κ2) is 9.76. The van der Waals surface area contributed by atoms with Crippen LogP contribution in [-0.2, 0) is 11.3 Å². The summed E-state index contributed by atoms with van der Waals surface area (Å²) in [6, 6.07) is 8.19. The van der Waals surface area contributed by atoms with E-state index in [1.165, 1.54) is 6.07 Å². The highest BCUT2D eigenvalue weighted by Crippen LogP contribution is 2.24. The van der Waals surface area contributed by atoms with Gasteiger partial charge in [-0.2, -0.15) is 0 Å². The number of hydrogen-bond acceptors (Lipinski definition) is 6. The second-order valence-corrected chi connectivity index (χ2v) is 7.71. The van der Waals surface area contributed by atoms with Crippen LogP contribution in [0.4, 0.5) is 15.9 Å². The number of para-hydroxylation sites is 1. The minimum absolute atomic E-state index is 0.115. The molecule has 1 aromatic carbocycles. The molecule has 0 saturated carbocycles. The molecule has 0 spiro atoms. The van der Waals surface area contributed by atoms with Gasteiger partial charge < -0.3 is 15.5 Å². The summed E-state index contributed by atoms with van der Waals surface area (Å²) in [5, 5.41) is 6.03. The zero-order valence-electron chi connectivity index (χ0n) is 17.3. The number of rotatable bonds is 7. The van der Waals surface area contributed by atoms with Gasteiger partial charge in [0.05, 0.1) is 24.5 Å². The van der Waals surface area contributed by atoms with Crippen LogP contribution >= 0.6 is 0 Å². The van der Waals surface area contributed by atoms with Crippen molar-refractivity contribution in [1.82, 2.24) is 20.2 Å². The van der Waals surface area contributed by atoms with Crippen molar-refractivity contribution in [3.63, 3.8) is 0 Å². The molecule has 1 aromatic heterocycles. The maximum atomic E-state index is 13.7. The number of carbonyl (C=O) groups excluding carboxylic acids is 1. The number of nitrogens with zero attached hydrogens (tertiary/aromatic N) is 4. The molecule has 1 atom stereocenters. The van der Waals surface area contributed by atoms with Crippen molar-refractivity contribution in [3.8, 4) is 0 Å². The van der Waals surface area contributed by atoms with Gasteiger partial charge in [0, 0.05) is 32.6 Å². The van der Waals surface area contributed by atoms with Gasteiger partial charge in [-0.25, -0.2) is 14.4 Å². The van der Waals surface area contributed by atoms with Crippen LogP contribution in [0.2, 0.25) is 0 Å². The molecule has 1 amide bonds. The molecule has 2 heterocycles. The number of amides is 1. The summed E-state index contributed by atoms with van der Waals surface area (Å²) in [5.41, 5.74) is 1.22. The van der Waals surface area contributed by atoms with E-state index in [1.54, 1.807) is 18.2 Å². The topological polar surface area (TPSA) is 73.4 Å². The molecule has 1 aliphatic rings. The van der Waals surface area contributed by atoms with Crippen LogP contribution in [0.3, 0.4) is 0 Å². The highest BCUT2D eigenvalue weighted by atomic mass is 19.1. The molecule has 1 aliphatic heterocycles. The van der Waals surface area contributed by atoms with E-state index in [2.05, 4.69) is 15.6 Å². The van der Waals surface area contributed by atoms with Crippen LogP contribution in [0.1, 0.15) is 30.3 Å². The van der Waals surface area contributed by atoms with E-state index in [4.69, 9.17) is 4.98 Å². The Bertz CT molecular complexity index is 838. The molecule has 7 nitrogen and oxygen atoms in total. The fraction of sp³-hybridized carbons (Fsp3) is 0.476. The molecule has 0 radical (unpaired) electrons. The molecule has 0 unspecified atom stereocenters. The lowest BCUT2D eigenvalue weighted by atomic mass is 9.96. The van der Waals surface area contributed by atoms with Gasteiger partial charge >= 0.3 is 0 Å². The van der Waals surface area contributed by atoms with Crippen LogP contribution in [0.5, 0.6) is 0 Å². The molecular formula is C21H29FN6O. The van der Waals surface area contributed by atoms with E-state index in [0.29, 0.717) is 18.3 Å². The van der Waals surface area contributed by atoms with Crippen LogP contribution in [0, 0.1) is 5.82 Å².